The zero-order valence-corrected chi connectivity index (χ0v) is 18.2. The first-order valence-electron chi connectivity index (χ1n) is 9.27. The van der Waals surface area contributed by atoms with E-state index < -0.39 is 15.9 Å². The lowest BCUT2D eigenvalue weighted by Gasteiger charge is -2.17. The molecule has 0 spiro atoms. The average molecular weight is 423 g/mol. The zero-order chi connectivity index (χ0) is 20.5. The van der Waals surface area contributed by atoms with E-state index in [1.54, 1.807) is 18.3 Å². The largest absolute Gasteiger partial charge is 0.481 e. The van der Waals surface area contributed by atoms with Crippen LogP contribution in [0.4, 0.5) is 0 Å². The fourth-order valence-corrected chi connectivity index (χ4v) is 5.64. The molecule has 6 nitrogen and oxygen atoms in total. The number of amides is 1. The molecule has 0 saturated carbocycles. The normalized spacial score (nSPS) is 19.9. The van der Waals surface area contributed by atoms with E-state index in [0.717, 1.165) is 16.3 Å². The minimum atomic E-state index is -3.02. The smallest absolute Gasteiger partial charge is 0.261 e. The number of hydrogen-bond acceptors (Lipinski definition) is 6. The molecule has 1 aliphatic heterocycles. The van der Waals surface area contributed by atoms with Gasteiger partial charge in [-0.05, 0) is 37.6 Å². The highest BCUT2D eigenvalue weighted by Crippen LogP contribution is 2.30. The van der Waals surface area contributed by atoms with Crippen LogP contribution >= 0.6 is 11.3 Å². The topological polar surface area (TPSA) is 85.4 Å². The number of ether oxygens (including phenoxy) is 1. The molecule has 1 aliphatic rings. The Morgan fingerprint density at radius 2 is 1.96 bits per heavy atom. The predicted octanol–water partition coefficient (Wildman–Crippen LogP) is 3.18. The molecule has 152 valence electrons. The van der Waals surface area contributed by atoms with Gasteiger partial charge in [0.05, 0.1) is 17.2 Å². The van der Waals surface area contributed by atoms with Gasteiger partial charge in [-0.2, -0.15) is 0 Å². The van der Waals surface area contributed by atoms with Crippen LogP contribution < -0.4 is 10.1 Å². The molecule has 2 heterocycles. The average Bonchev–Trinajstić information content (AvgIpc) is 3.22. The van der Waals surface area contributed by atoms with Crippen LogP contribution in [0.2, 0.25) is 0 Å². The molecule has 1 amide bonds. The minimum absolute atomic E-state index is 0.00449. The van der Waals surface area contributed by atoms with Crippen molar-refractivity contribution in [3.05, 3.63) is 35.3 Å². The highest BCUT2D eigenvalue weighted by molar-refractivity contribution is 7.91. The minimum Gasteiger partial charge on any atom is -0.481 e. The van der Waals surface area contributed by atoms with Gasteiger partial charge in [-0.1, -0.05) is 20.8 Å². The predicted molar refractivity (Wildman–Crippen MR) is 112 cm³/mol. The number of carbonyl (C=O) groups is 1. The number of aromatic nitrogens is 1. The van der Waals surface area contributed by atoms with Crippen molar-refractivity contribution in [1.29, 1.82) is 0 Å². The van der Waals surface area contributed by atoms with Gasteiger partial charge in [-0.3, -0.25) is 4.79 Å². The summed E-state index contributed by atoms with van der Waals surface area (Å²) in [4.78, 5) is 17.0. The van der Waals surface area contributed by atoms with E-state index in [1.165, 1.54) is 0 Å². The monoisotopic (exact) mass is 422 g/mol. The van der Waals surface area contributed by atoms with Crippen molar-refractivity contribution in [2.24, 2.45) is 0 Å². The number of thiazole rings is 1. The molecule has 1 fully saturated rings. The van der Waals surface area contributed by atoms with Crippen LogP contribution in [-0.4, -0.2) is 43.0 Å². The molecular formula is C20H26N2O4S2. The lowest BCUT2D eigenvalue weighted by atomic mass is 9.93. The standard InChI is InChI=1S/C20H26N2O4S2/c1-13(18(23)21-15-9-10-28(24,25)12-15)26-16-7-5-14(6-8-16)19-22-17(11-27-19)20(2,3)4/h5-8,11,13,15H,9-10,12H2,1-4H3,(H,21,23)/t13-,15+/m0/s1. The van der Waals surface area contributed by atoms with Gasteiger partial charge in [0.2, 0.25) is 0 Å². The van der Waals surface area contributed by atoms with Crippen LogP contribution in [0.1, 0.15) is 39.8 Å². The first-order chi connectivity index (χ1) is 13.0. The van der Waals surface area contributed by atoms with Gasteiger partial charge in [0.15, 0.2) is 15.9 Å². The Morgan fingerprint density at radius 3 is 2.50 bits per heavy atom. The van der Waals surface area contributed by atoms with Crippen molar-refractivity contribution >= 4 is 27.1 Å². The molecule has 2 aromatic rings. The van der Waals surface area contributed by atoms with Crippen LogP contribution in [0.3, 0.4) is 0 Å². The Labute approximate surface area is 170 Å². The fourth-order valence-electron chi connectivity index (χ4n) is 2.91. The molecule has 1 aromatic carbocycles. The van der Waals surface area contributed by atoms with Crippen LogP contribution in [0.15, 0.2) is 29.6 Å². The molecule has 0 unspecified atom stereocenters. The summed E-state index contributed by atoms with van der Waals surface area (Å²) in [6.07, 6.45) is -0.249. The summed E-state index contributed by atoms with van der Waals surface area (Å²) < 4.78 is 28.7. The molecule has 3 rings (SSSR count). The van der Waals surface area contributed by atoms with Gasteiger partial charge in [0.25, 0.3) is 5.91 Å². The van der Waals surface area contributed by atoms with E-state index in [9.17, 15) is 13.2 Å². The maximum absolute atomic E-state index is 12.3. The Bertz CT molecular complexity index is 943. The second-order valence-electron chi connectivity index (χ2n) is 8.18. The number of sulfone groups is 1. The van der Waals surface area contributed by atoms with E-state index in [1.807, 2.05) is 24.3 Å². The summed E-state index contributed by atoms with van der Waals surface area (Å²) in [6.45, 7) is 8.06. The Morgan fingerprint density at radius 1 is 1.29 bits per heavy atom. The first kappa shape index (κ1) is 20.8. The van der Waals surface area contributed by atoms with Crippen molar-refractivity contribution in [3.8, 4) is 16.3 Å². The third-order valence-corrected chi connectivity index (χ3v) is 7.29. The highest BCUT2D eigenvalue weighted by Gasteiger charge is 2.30. The highest BCUT2D eigenvalue weighted by atomic mass is 32.2. The van der Waals surface area contributed by atoms with Crippen LogP contribution in [0.25, 0.3) is 10.6 Å². The van der Waals surface area contributed by atoms with Gasteiger partial charge in [0, 0.05) is 22.4 Å². The van der Waals surface area contributed by atoms with E-state index in [0.29, 0.717) is 12.2 Å². The Kier molecular flexibility index (Phi) is 5.82. The fraction of sp³-hybridized carbons (Fsp3) is 0.500. The Hall–Kier alpha value is -1.93. The summed E-state index contributed by atoms with van der Waals surface area (Å²) in [5.74, 6) is 0.409. The summed E-state index contributed by atoms with van der Waals surface area (Å²) in [5.41, 5.74) is 2.08. The lowest BCUT2D eigenvalue weighted by Crippen LogP contribution is -2.43. The number of nitrogens with zero attached hydrogens (tertiary/aromatic N) is 1. The maximum atomic E-state index is 12.3. The molecule has 28 heavy (non-hydrogen) atoms. The molecule has 1 N–H and O–H groups in total. The number of nitrogens with one attached hydrogen (secondary N) is 1. The molecule has 8 heteroatoms. The van der Waals surface area contributed by atoms with Crippen molar-refractivity contribution < 1.29 is 17.9 Å². The quantitative estimate of drug-likeness (QED) is 0.800. The molecule has 0 aliphatic carbocycles. The number of benzene rings is 1. The molecule has 0 radical (unpaired) electrons. The molecular weight excluding hydrogens is 396 g/mol. The van der Waals surface area contributed by atoms with Crippen LogP contribution in [-0.2, 0) is 20.0 Å². The summed E-state index contributed by atoms with van der Waals surface area (Å²) in [6, 6.07) is 7.16. The van der Waals surface area contributed by atoms with Crippen molar-refractivity contribution in [1.82, 2.24) is 10.3 Å². The third-order valence-electron chi connectivity index (χ3n) is 4.63. The van der Waals surface area contributed by atoms with Gasteiger partial charge < -0.3 is 10.1 Å². The molecule has 1 aromatic heterocycles. The van der Waals surface area contributed by atoms with Gasteiger partial charge in [-0.15, -0.1) is 11.3 Å². The summed E-state index contributed by atoms with van der Waals surface area (Å²) in [5, 5.41) is 5.78. The van der Waals surface area contributed by atoms with Crippen LogP contribution in [0, 0.1) is 0 Å². The molecule has 1 saturated heterocycles. The summed E-state index contributed by atoms with van der Waals surface area (Å²) in [7, 11) is -3.02. The van der Waals surface area contributed by atoms with E-state index in [2.05, 4.69) is 31.5 Å². The van der Waals surface area contributed by atoms with Crippen molar-refractivity contribution in [2.75, 3.05) is 11.5 Å². The second-order valence-corrected chi connectivity index (χ2v) is 11.3. The SMILES string of the molecule is C[C@H](Oc1ccc(-c2nc(C(C)(C)C)cs2)cc1)C(=O)N[C@@H]1CCS(=O)(=O)C1. The molecule has 2 atom stereocenters. The summed E-state index contributed by atoms with van der Waals surface area (Å²) >= 11 is 1.61. The third kappa shape index (κ3) is 5.11. The maximum Gasteiger partial charge on any atom is 0.261 e. The van der Waals surface area contributed by atoms with E-state index in [-0.39, 0.29) is 28.9 Å². The number of hydrogen-bond donors (Lipinski definition) is 1. The second kappa shape index (κ2) is 7.83. The van der Waals surface area contributed by atoms with E-state index >= 15 is 0 Å². The zero-order valence-electron chi connectivity index (χ0n) is 16.6. The number of carbonyl (C=O) groups excluding carboxylic acids is 1. The molecule has 0 bridgehead atoms. The van der Waals surface area contributed by atoms with Gasteiger partial charge in [0.1, 0.15) is 10.8 Å². The van der Waals surface area contributed by atoms with Crippen LogP contribution in [0.5, 0.6) is 5.75 Å². The lowest BCUT2D eigenvalue weighted by molar-refractivity contribution is -0.127. The first-order valence-corrected chi connectivity index (χ1v) is 12.0. The van der Waals surface area contributed by atoms with E-state index in [4.69, 9.17) is 9.72 Å². The number of rotatable bonds is 5. The van der Waals surface area contributed by atoms with Crippen molar-refractivity contribution in [3.63, 3.8) is 0 Å². The Balaban J connectivity index is 1.59. The van der Waals surface area contributed by atoms with Gasteiger partial charge >= 0.3 is 0 Å². The van der Waals surface area contributed by atoms with Gasteiger partial charge in [-0.25, -0.2) is 13.4 Å². The van der Waals surface area contributed by atoms with Crippen molar-refractivity contribution in [2.45, 2.75) is 51.7 Å².